The first kappa shape index (κ1) is 21.8. The highest BCUT2D eigenvalue weighted by molar-refractivity contribution is 14.0. The van der Waals surface area contributed by atoms with E-state index in [1.165, 1.54) is 4.88 Å². The number of hydrogen-bond donors (Lipinski definition) is 2. The van der Waals surface area contributed by atoms with Crippen molar-refractivity contribution in [2.24, 2.45) is 4.99 Å². The second kappa shape index (κ2) is 10.5. The Morgan fingerprint density at radius 3 is 2.59 bits per heavy atom. The molecule has 0 aliphatic rings. The normalized spacial score (nSPS) is 13.4. The molecule has 128 valence electrons. The topological polar surface area (TPSA) is 66.4 Å². The SMILES string of the molecule is CCc1cnc(CNC(=NC)NCCS(=O)C(C)(C)C)s1.I. The van der Waals surface area contributed by atoms with Crippen molar-refractivity contribution in [2.75, 3.05) is 19.3 Å². The van der Waals surface area contributed by atoms with Gasteiger partial charge in [-0.1, -0.05) is 6.92 Å². The quantitative estimate of drug-likeness (QED) is 0.391. The summed E-state index contributed by atoms with van der Waals surface area (Å²) < 4.78 is 11.8. The molecule has 1 atom stereocenters. The summed E-state index contributed by atoms with van der Waals surface area (Å²) in [6.45, 7) is 9.40. The van der Waals surface area contributed by atoms with E-state index in [4.69, 9.17) is 0 Å². The molecule has 2 N–H and O–H groups in total. The van der Waals surface area contributed by atoms with E-state index in [9.17, 15) is 4.21 Å². The number of aliphatic imine (C=N–C) groups is 1. The van der Waals surface area contributed by atoms with Crippen molar-refractivity contribution >= 4 is 52.1 Å². The summed E-state index contributed by atoms with van der Waals surface area (Å²) in [6, 6.07) is 0. The van der Waals surface area contributed by atoms with Gasteiger partial charge in [-0.2, -0.15) is 0 Å². The second-order valence-corrected chi connectivity index (χ2v) is 9.11. The van der Waals surface area contributed by atoms with Crippen LogP contribution < -0.4 is 10.6 Å². The van der Waals surface area contributed by atoms with E-state index >= 15 is 0 Å². The first-order valence-corrected chi connectivity index (χ1v) is 9.27. The largest absolute Gasteiger partial charge is 0.355 e. The van der Waals surface area contributed by atoms with Gasteiger partial charge in [0.15, 0.2) is 5.96 Å². The summed E-state index contributed by atoms with van der Waals surface area (Å²) in [7, 11) is 0.882. The summed E-state index contributed by atoms with van der Waals surface area (Å²) in [5.41, 5.74) is 0. The molecule has 0 spiro atoms. The molecule has 0 bridgehead atoms. The Morgan fingerprint density at radius 2 is 2.09 bits per heavy atom. The zero-order chi connectivity index (χ0) is 15.9. The molecule has 0 saturated carbocycles. The molecule has 1 aromatic rings. The fraction of sp³-hybridized carbons (Fsp3) is 0.714. The Hall–Kier alpha value is -0.220. The molecule has 1 rings (SSSR count). The third-order valence-corrected chi connectivity index (χ3v) is 5.93. The molecule has 1 heterocycles. The molecule has 0 aliphatic carbocycles. The summed E-state index contributed by atoms with van der Waals surface area (Å²) in [5, 5.41) is 7.46. The van der Waals surface area contributed by atoms with Crippen LogP contribution in [-0.4, -0.2) is 39.2 Å². The minimum atomic E-state index is -0.849. The van der Waals surface area contributed by atoms with E-state index in [1.54, 1.807) is 18.4 Å². The molecule has 0 amide bonds. The van der Waals surface area contributed by atoms with Crippen LogP contribution in [0.5, 0.6) is 0 Å². The van der Waals surface area contributed by atoms with Crippen LogP contribution in [0.4, 0.5) is 0 Å². The van der Waals surface area contributed by atoms with Crippen LogP contribution in [0.25, 0.3) is 0 Å². The van der Waals surface area contributed by atoms with E-state index < -0.39 is 10.8 Å². The minimum Gasteiger partial charge on any atom is -0.355 e. The number of halogens is 1. The van der Waals surface area contributed by atoms with Gasteiger partial charge in [0.2, 0.25) is 0 Å². The number of aromatic nitrogens is 1. The number of nitrogens with one attached hydrogen (secondary N) is 2. The maximum atomic E-state index is 12.0. The number of aryl methyl sites for hydroxylation is 1. The number of rotatable bonds is 6. The van der Waals surface area contributed by atoms with E-state index in [-0.39, 0.29) is 28.7 Å². The van der Waals surface area contributed by atoms with Crippen LogP contribution in [0.15, 0.2) is 11.2 Å². The van der Waals surface area contributed by atoms with Gasteiger partial charge in [-0.3, -0.25) is 9.20 Å². The number of hydrogen-bond acceptors (Lipinski definition) is 4. The fourth-order valence-corrected chi connectivity index (χ4v) is 3.24. The third kappa shape index (κ3) is 7.87. The van der Waals surface area contributed by atoms with Crippen molar-refractivity contribution in [2.45, 2.75) is 45.4 Å². The van der Waals surface area contributed by atoms with Crippen LogP contribution in [0.1, 0.15) is 37.6 Å². The molecule has 0 aliphatic heterocycles. The van der Waals surface area contributed by atoms with Crippen molar-refractivity contribution in [1.82, 2.24) is 15.6 Å². The van der Waals surface area contributed by atoms with Gasteiger partial charge in [0.25, 0.3) is 0 Å². The standard InChI is InChI=1S/C14H26N4OS2.HI/c1-6-11-9-17-12(20-11)10-18-13(15-5)16-7-8-21(19)14(2,3)4;/h9H,6-8,10H2,1-5H3,(H2,15,16,18);1H. The highest BCUT2D eigenvalue weighted by Crippen LogP contribution is 2.12. The molecule has 0 fully saturated rings. The lowest BCUT2D eigenvalue weighted by atomic mass is 10.3. The molecule has 0 saturated heterocycles. The van der Waals surface area contributed by atoms with Gasteiger partial charge in [0, 0.05) is 46.0 Å². The van der Waals surface area contributed by atoms with Crippen molar-refractivity contribution < 1.29 is 4.21 Å². The summed E-state index contributed by atoms with van der Waals surface area (Å²) in [4.78, 5) is 9.81. The maximum absolute atomic E-state index is 12.0. The lowest BCUT2D eigenvalue weighted by Gasteiger charge is -2.18. The predicted octanol–water partition coefficient (Wildman–Crippen LogP) is 2.54. The molecule has 8 heteroatoms. The van der Waals surface area contributed by atoms with Crippen LogP contribution in [-0.2, 0) is 23.8 Å². The summed E-state index contributed by atoms with van der Waals surface area (Å²) >= 11 is 1.71. The third-order valence-electron chi connectivity index (χ3n) is 2.84. The monoisotopic (exact) mass is 458 g/mol. The van der Waals surface area contributed by atoms with Crippen molar-refractivity contribution in [3.05, 3.63) is 16.1 Å². The van der Waals surface area contributed by atoms with Crippen LogP contribution in [0.3, 0.4) is 0 Å². The average Bonchev–Trinajstić information content (AvgIpc) is 2.89. The molecule has 1 unspecified atom stereocenters. The van der Waals surface area contributed by atoms with Crippen LogP contribution in [0.2, 0.25) is 0 Å². The molecule has 5 nitrogen and oxygen atoms in total. The molecule has 0 aromatic carbocycles. The van der Waals surface area contributed by atoms with Crippen molar-refractivity contribution in [1.29, 1.82) is 0 Å². The number of guanidine groups is 1. The number of nitrogens with zero attached hydrogens (tertiary/aromatic N) is 2. The lowest BCUT2D eigenvalue weighted by Crippen LogP contribution is -2.40. The van der Waals surface area contributed by atoms with Gasteiger partial charge in [-0.05, 0) is 27.2 Å². The second-order valence-electron chi connectivity index (χ2n) is 5.59. The van der Waals surface area contributed by atoms with E-state index in [0.29, 0.717) is 24.8 Å². The zero-order valence-corrected chi connectivity index (χ0v) is 17.9. The van der Waals surface area contributed by atoms with Crippen LogP contribution in [0, 0.1) is 0 Å². The van der Waals surface area contributed by atoms with E-state index in [1.807, 2.05) is 27.0 Å². The zero-order valence-electron chi connectivity index (χ0n) is 13.9. The molecule has 22 heavy (non-hydrogen) atoms. The average molecular weight is 458 g/mol. The molecular weight excluding hydrogens is 431 g/mol. The van der Waals surface area contributed by atoms with Gasteiger partial charge in [0.1, 0.15) is 5.01 Å². The Bertz CT molecular complexity index is 497. The van der Waals surface area contributed by atoms with E-state index in [0.717, 1.165) is 11.4 Å². The predicted molar refractivity (Wildman–Crippen MR) is 108 cm³/mol. The van der Waals surface area contributed by atoms with Crippen molar-refractivity contribution in [3.63, 3.8) is 0 Å². The van der Waals surface area contributed by atoms with E-state index in [2.05, 4.69) is 27.5 Å². The smallest absolute Gasteiger partial charge is 0.191 e. The molecule has 1 aromatic heterocycles. The van der Waals surface area contributed by atoms with Gasteiger partial charge in [-0.15, -0.1) is 35.3 Å². The molecular formula is C14H27IN4OS2. The van der Waals surface area contributed by atoms with Gasteiger partial charge >= 0.3 is 0 Å². The lowest BCUT2D eigenvalue weighted by molar-refractivity contribution is 0.647. The van der Waals surface area contributed by atoms with Crippen molar-refractivity contribution in [3.8, 4) is 0 Å². The summed E-state index contributed by atoms with van der Waals surface area (Å²) in [6.07, 6.45) is 2.94. The number of thiazole rings is 1. The molecule has 0 radical (unpaired) electrons. The summed E-state index contributed by atoms with van der Waals surface area (Å²) in [5.74, 6) is 1.33. The first-order chi connectivity index (χ1) is 9.86. The maximum Gasteiger partial charge on any atom is 0.191 e. The fourth-order valence-electron chi connectivity index (χ4n) is 1.54. The first-order valence-electron chi connectivity index (χ1n) is 7.13. The van der Waals surface area contributed by atoms with Gasteiger partial charge < -0.3 is 10.6 Å². The highest BCUT2D eigenvalue weighted by Gasteiger charge is 2.18. The van der Waals surface area contributed by atoms with Gasteiger partial charge in [-0.25, -0.2) is 4.98 Å². The van der Waals surface area contributed by atoms with Gasteiger partial charge in [0.05, 0.1) is 6.54 Å². The Kier molecular flexibility index (Phi) is 10.4. The Balaban J connectivity index is 0.00000441. The van der Waals surface area contributed by atoms with Crippen LogP contribution >= 0.6 is 35.3 Å². The highest BCUT2D eigenvalue weighted by atomic mass is 127. The Morgan fingerprint density at radius 1 is 1.41 bits per heavy atom. The Labute approximate surface area is 157 Å². The minimum absolute atomic E-state index is 0.